The molecule has 5 rings (SSSR count). The number of nitrogens with zero attached hydrogens (tertiary/aromatic N) is 2. The van der Waals surface area contributed by atoms with E-state index in [1.54, 1.807) is 48.7 Å². The first-order valence-electron chi connectivity index (χ1n) is 18.4. The Morgan fingerprint density at radius 2 is 1.69 bits per heavy atom. The Balaban J connectivity index is 1.35. The van der Waals surface area contributed by atoms with E-state index in [1.165, 1.54) is 4.90 Å². The van der Waals surface area contributed by atoms with Crippen LogP contribution in [0.3, 0.4) is 0 Å². The molecule has 54 heavy (non-hydrogen) atoms. The van der Waals surface area contributed by atoms with E-state index in [-0.39, 0.29) is 39.0 Å². The van der Waals surface area contributed by atoms with Gasteiger partial charge in [0.05, 0.1) is 19.0 Å². The molecule has 13 nitrogen and oxygen atoms in total. The van der Waals surface area contributed by atoms with Gasteiger partial charge in [0.1, 0.15) is 18.1 Å². The first kappa shape index (κ1) is 41.0. The molecule has 0 saturated carbocycles. The number of hydrogen-bond donors (Lipinski definition) is 4. The van der Waals surface area contributed by atoms with Crippen LogP contribution in [0.15, 0.2) is 79.0 Å². The highest BCUT2D eigenvalue weighted by molar-refractivity contribution is 7.88. The van der Waals surface area contributed by atoms with Crippen molar-refractivity contribution < 1.29 is 32.3 Å². The van der Waals surface area contributed by atoms with Crippen LogP contribution < -0.4 is 20.7 Å². The Morgan fingerprint density at radius 3 is 2.37 bits per heavy atom. The average molecular weight is 781 g/mol. The van der Waals surface area contributed by atoms with Gasteiger partial charge in [-0.25, -0.2) is 13.1 Å². The zero-order valence-electron chi connectivity index (χ0n) is 30.4. The van der Waals surface area contributed by atoms with E-state index in [9.17, 15) is 27.6 Å². The molecule has 2 aliphatic heterocycles. The van der Waals surface area contributed by atoms with Gasteiger partial charge in [0, 0.05) is 49.3 Å². The fraction of sp³-hybridized carbons (Fsp3) is 0.462. The van der Waals surface area contributed by atoms with Crippen LogP contribution in [0, 0.1) is 5.92 Å². The molecule has 0 unspecified atom stereocenters. The maximum absolute atomic E-state index is 14.3. The van der Waals surface area contributed by atoms with Crippen molar-refractivity contribution in [1.29, 1.82) is 0 Å². The first-order chi connectivity index (χ1) is 25.9. The number of aromatic nitrogens is 1. The van der Waals surface area contributed by atoms with Crippen LogP contribution in [0.25, 0.3) is 0 Å². The summed E-state index contributed by atoms with van der Waals surface area (Å²) in [7, 11) is -3.80. The number of rotatable bonds is 18. The van der Waals surface area contributed by atoms with Gasteiger partial charge in [-0.2, -0.15) is 0 Å². The van der Waals surface area contributed by atoms with Crippen molar-refractivity contribution in [2.45, 2.75) is 75.8 Å². The number of hydrogen-bond acceptors (Lipinski definition) is 9. The number of halogens is 1. The van der Waals surface area contributed by atoms with Gasteiger partial charge in [-0.3, -0.25) is 24.2 Å². The van der Waals surface area contributed by atoms with Crippen molar-refractivity contribution in [2.24, 2.45) is 5.92 Å². The van der Waals surface area contributed by atoms with Crippen molar-refractivity contribution >= 4 is 45.1 Å². The number of Topliss-reactive ketones (excluding diaryl/α,β-unsaturated/α-hetero) is 1. The molecule has 3 aromatic rings. The lowest BCUT2D eigenvalue weighted by molar-refractivity contribution is -0.142. The minimum atomic E-state index is -3.80. The van der Waals surface area contributed by atoms with E-state index in [0.29, 0.717) is 23.8 Å². The van der Waals surface area contributed by atoms with E-state index in [1.807, 2.05) is 30.3 Å². The van der Waals surface area contributed by atoms with Crippen molar-refractivity contribution in [1.82, 2.24) is 30.6 Å². The van der Waals surface area contributed by atoms with Crippen LogP contribution in [0.5, 0.6) is 0 Å². The summed E-state index contributed by atoms with van der Waals surface area (Å²) in [4.78, 5) is 61.0. The van der Waals surface area contributed by atoms with Gasteiger partial charge in [-0.1, -0.05) is 60.1 Å². The van der Waals surface area contributed by atoms with Crippen molar-refractivity contribution in [2.75, 3.05) is 32.4 Å². The van der Waals surface area contributed by atoms with E-state index < -0.39 is 57.8 Å². The fourth-order valence-corrected chi connectivity index (χ4v) is 7.75. The Morgan fingerprint density at radius 1 is 0.963 bits per heavy atom. The minimum Gasteiger partial charge on any atom is -0.372 e. The van der Waals surface area contributed by atoms with Gasteiger partial charge in [-0.05, 0) is 80.1 Å². The second-order valence-electron chi connectivity index (χ2n) is 14.0. The van der Waals surface area contributed by atoms with Crippen LogP contribution >= 0.6 is 11.6 Å². The van der Waals surface area contributed by atoms with E-state index in [0.717, 1.165) is 49.0 Å². The van der Waals surface area contributed by atoms with Crippen LogP contribution in [0.1, 0.15) is 48.9 Å². The van der Waals surface area contributed by atoms with Crippen LogP contribution in [-0.4, -0.2) is 98.5 Å². The third-order valence-electron chi connectivity index (χ3n) is 9.76. The highest BCUT2D eigenvalue weighted by atomic mass is 35.5. The summed E-state index contributed by atoms with van der Waals surface area (Å²) < 4.78 is 33.7. The second-order valence-corrected chi connectivity index (χ2v) is 16.2. The number of pyridine rings is 1. The monoisotopic (exact) mass is 780 g/mol. The highest BCUT2D eigenvalue weighted by Gasteiger charge is 2.44. The molecule has 0 aliphatic carbocycles. The molecule has 290 valence electrons. The molecule has 3 amide bonds. The number of piperidine rings is 1. The molecule has 0 spiro atoms. The van der Waals surface area contributed by atoms with E-state index in [2.05, 4.69) is 25.7 Å². The fourth-order valence-electron chi connectivity index (χ4n) is 6.89. The molecule has 0 radical (unpaired) electrons. The predicted octanol–water partition coefficient (Wildman–Crippen LogP) is 2.57. The molecule has 2 aromatic carbocycles. The van der Waals surface area contributed by atoms with Gasteiger partial charge in [-0.15, -0.1) is 0 Å². The molecule has 1 aromatic heterocycles. The standard InChI is InChI=1S/C39H49ClN6O7S/c1-54(51,52)45-33(15-12-27-16-20-41-21-17-27)39(50)46-25-32(53-26-29-10-13-30(40)14-11-29)24-35(46)37(48)44-34(23-28-7-3-2-4-8-28)36(47)38(49)43-22-18-31-9-5-6-19-42-31/h2-11,13-14,19,27,32-35,41,45H,12,15-18,20-26H2,1H3,(H,43,49)(H,44,48)/t32-,33-,34+,35+/m1/s1. The molecular formula is C39H49ClN6O7S. The lowest BCUT2D eigenvalue weighted by Gasteiger charge is -2.30. The lowest BCUT2D eigenvalue weighted by Crippen LogP contribution is -2.56. The number of carbonyl (C=O) groups is 4. The molecular weight excluding hydrogens is 732 g/mol. The third-order valence-corrected chi connectivity index (χ3v) is 10.7. The summed E-state index contributed by atoms with van der Waals surface area (Å²) in [6.07, 6.45) is 5.32. The molecule has 3 heterocycles. The number of likely N-dealkylation sites (tertiary alicyclic amines) is 1. The zero-order valence-corrected chi connectivity index (χ0v) is 32.0. The lowest BCUT2D eigenvalue weighted by atomic mass is 9.91. The number of carbonyl (C=O) groups excluding carboxylic acids is 4. The minimum absolute atomic E-state index is 0.0190. The smallest absolute Gasteiger partial charge is 0.289 e. The van der Waals surface area contributed by atoms with Gasteiger partial charge < -0.3 is 25.6 Å². The van der Waals surface area contributed by atoms with Crippen LogP contribution in [-0.2, 0) is 53.4 Å². The van der Waals surface area contributed by atoms with Crippen LogP contribution in [0.4, 0.5) is 0 Å². The van der Waals surface area contributed by atoms with Gasteiger partial charge in [0.2, 0.25) is 27.6 Å². The Kier molecular flexibility index (Phi) is 15.1. The Hall–Kier alpha value is -4.21. The summed E-state index contributed by atoms with van der Waals surface area (Å²) in [6, 6.07) is 18.1. The molecule has 2 fully saturated rings. The SMILES string of the molecule is CS(=O)(=O)N[C@H](CCC1CCNCC1)C(=O)N1C[C@H](OCc2ccc(Cl)cc2)C[C@H]1C(=O)N[C@@H](Cc1ccccc1)C(=O)C(=O)NCCc1ccccn1. The van der Waals surface area contributed by atoms with Crippen molar-refractivity contribution in [3.63, 3.8) is 0 Å². The molecule has 2 aliphatic rings. The van der Waals surface area contributed by atoms with Crippen LogP contribution in [0.2, 0.25) is 5.02 Å². The number of ketones is 1. The number of benzene rings is 2. The van der Waals surface area contributed by atoms with E-state index in [4.69, 9.17) is 16.3 Å². The zero-order chi connectivity index (χ0) is 38.5. The van der Waals surface area contributed by atoms with Gasteiger partial charge in [0.25, 0.3) is 5.91 Å². The summed E-state index contributed by atoms with van der Waals surface area (Å²) in [5.74, 6) is -2.56. The summed E-state index contributed by atoms with van der Waals surface area (Å²) in [5.41, 5.74) is 2.31. The Labute approximate surface area is 322 Å². The molecule has 15 heteroatoms. The topological polar surface area (TPSA) is 176 Å². The van der Waals surface area contributed by atoms with Gasteiger partial charge in [0.15, 0.2) is 0 Å². The first-order valence-corrected chi connectivity index (χ1v) is 20.6. The number of amides is 3. The quantitative estimate of drug-likeness (QED) is 0.142. The van der Waals surface area contributed by atoms with Gasteiger partial charge >= 0.3 is 0 Å². The molecule has 4 atom stereocenters. The van der Waals surface area contributed by atoms with E-state index >= 15 is 0 Å². The number of nitrogens with one attached hydrogen (secondary N) is 4. The maximum Gasteiger partial charge on any atom is 0.289 e. The highest BCUT2D eigenvalue weighted by Crippen LogP contribution is 2.26. The molecule has 0 bridgehead atoms. The molecule has 4 N–H and O–H groups in total. The average Bonchev–Trinajstić information content (AvgIpc) is 3.61. The van der Waals surface area contributed by atoms with Crippen molar-refractivity contribution in [3.05, 3.63) is 101 Å². The maximum atomic E-state index is 14.3. The number of sulfonamides is 1. The summed E-state index contributed by atoms with van der Waals surface area (Å²) in [6.45, 7) is 2.08. The Bertz CT molecular complexity index is 1810. The summed E-state index contributed by atoms with van der Waals surface area (Å²) >= 11 is 6.05. The predicted molar refractivity (Wildman–Crippen MR) is 205 cm³/mol. The third kappa shape index (κ3) is 12.7. The normalized spacial score (nSPS) is 18.8. The second kappa shape index (κ2) is 19.9. The molecule has 2 saturated heterocycles. The summed E-state index contributed by atoms with van der Waals surface area (Å²) in [5, 5.41) is 9.32. The largest absolute Gasteiger partial charge is 0.372 e. The van der Waals surface area contributed by atoms with Crippen molar-refractivity contribution in [3.8, 4) is 0 Å². The number of ether oxygens (including phenoxy) is 1.